The number of carbonyl (C=O) groups is 2. The summed E-state index contributed by atoms with van der Waals surface area (Å²) in [6.07, 6.45) is 0.939. The maximum Gasteiger partial charge on any atom is 0.308 e. The number of amides is 1. The van der Waals surface area contributed by atoms with Crippen LogP contribution in [0.4, 0.5) is 10.1 Å². The third-order valence-electron chi connectivity index (χ3n) is 3.74. The molecule has 1 amide bonds. The zero-order chi connectivity index (χ0) is 16.4. The summed E-state index contributed by atoms with van der Waals surface area (Å²) in [5, 5.41) is 20.2. The van der Waals surface area contributed by atoms with Crippen LogP contribution in [-0.2, 0) is 4.79 Å². The summed E-state index contributed by atoms with van der Waals surface area (Å²) in [4.78, 5) is 35.1. The van der Waals surface area contributed by atoms with Crippen LogP contribution < -0.4 is 0 Å². The van der Waals surface area contributed by atoms with Crippen LogP contribution in [0.2, 0.25) is 0 Å². The maximum atomic E-state index is 13.5. The van der Waals surface area contributed by atoms with E-state index in [9.17, 15) is 24.1 Å². The van der Waals surface area contributed by atoms with Crippen molar-refractivity contribution in [1.82, 2.24) is 4.90 Å². The Morgan fingerprint density at radius 1 is 1.45 bits per heavy atom. The minimum Gasteiger partial charge on any atom is -0.481 e. The van der Waals surface area contributed by atoms with Crippen molar-refractivity contribution in [1.29, 1.82) is 0 Å². The lowest BCUT2D eigenvalue weighted by Gasteiger charge is -2.30. The van der Waals surface area contributed by atoms with Gasteiger partial charge in [-0.1, -0.05) is 0 Å². The van der Waals surface area contributed by atoms with Gasteiger partial charge in [-0.2, -0.15) is 0 Å². The Morgan fingerprint density at radius 2 is 2.14 bits per heavy atom. The Hall–Kier alpha value is -2.51. The number of hydrogen-bond donors (Lipinski definition) is 1. The molecular formula is C14H15FN2O5. The molecule has 1 aromatic rings. The van der Waals surface area contributed by atoms with Gasteiger partial charge >= 0.3 is 5.97 Å². The van der Waals surface area contributed by atoms with E-state index < -0.39 is 34.2 Å². The molecule has 1 saturated heterocycles. The average molecular weight is 310 g/mol. The van der Waals surface area contributed by atoms with E-state index in [1.807, 2.05) is 0 Å². The first-order chi connectivity index (χ1) is 10.3. The molecule has 1 aliphatic rings. The molecule has 1 aromatic carbocycles. The van der Waals surface area contributed by atoms with Gasteiger partial charge in [0.15, 0.2) is 0 Å². The van der Waals surface area contributed by atoms with Crippen LogP contribution in [-0.4, -0.2) is 39.9 Å². The number of carboxylic acids is 1. The predicted octanol–water partition coefficient (Wildman–Crippen LogP) is 1.98. The lowest BCUT2D eigenvalue weighted by Crippen LogP contribution is -2.42. The van der Waals surface area contributed by atoms with Crippen LogP contribution in [0.15, 0.2) is 12.1 Å². The minimum atomic E-state index is -1.01. The van der Waals surface area contributed by atoms with Crippen molar-refractivity contribution >= 4 is 17.6 Å². The normalized spacial score (nSPS) is 18.1. The molecule has 0 bridgehead atoms. The highest BCUT2D eigenvalue weighted by Crippen LogP contribution is 2.27. The Morgan fingerprint density at radius 3 is 2.73 bits per heavy atom. The molecule has 1 fully saturated rings. The lowest BCUT2D eigenvalue weighted by molar-refractivity contribution is -0.385. The minimum absolute atomic E-state index is 0.0269. The van der Waals surface area contributed by atoms with E-state index in [1.165, 1.54) is 11.8 Å². The van der Waals surface area contributed by atoms with Crippen molar-refractivity contribution in [3.05, 3.63) is 39.2 Å². The molecule has 1 atom stereocenters. The summed E-state index contributed by atoms with van der Waals surface area (Å²) < 4.78 is 13.5. The Bertz CT molecular complexity index is 646. The molecule has 0 saturated carbocycles. The summed E-state index contributed by atoms with van der Waals surface area (Å²) in [7, 11) is 0. The first kappa shape index (κ1) is 15.9. The second-order valence-corrected chi connectivity index (χ2v) is 5.30. The fourth-order valence-corrected chi connectivity index (χ4v) is 2.67. The van der Waals surface area contributed by atoms with E-state index in [4.69, 9.17) is 5.11 Å². The number of nitrogens with zero attached hydrogens (tertiary/aromatic N) is 2. The van der Waals surface area contributed by atoms with Gasteiger partial charge in [0.05, 0.1) is 10.8 Å². The summed E-state index contributed by atoms with van der Waals surface area (Å²) in [6.45, 7) is 1.63. The van der Waals surface area contributed by atoms with Crippen molar-refractivity contribution in [2.45, 2.75) is 19.8 Å². The number of nitro groups is 1. The summed E-state index contributed by atoms with van der Waals surface area (Å²) in [5.74, 6) is -3.16. The van der Waals surface area contributed by atoms with Crippen LogP contribution in [0.5, 0.6) is 0 Å². The van der Waals surface area contributed by atoms with E-state index in [0.29, 0.717) is 19.4 Å². The number of piperidine rings is 1. The molecule has 0 aliphatic carbocycles. The van der Waals surface area contributed by atoms with Crippen LogP contribution >= 0.6 is 0 Å². The van der Waals surface area contributed by atoms with Gasteiger partial charge in [0, 0.05) is 18.7 Å². The van der Waals surface area contributed by atoms with Gasteiger partial charge in [-0.05, 0) is 31.9 Å². The second-order valence-electron chi connectivity index (χ2n) is 5.30. The number of rotatable bonds is 3. The van der Waals surface area contributed by atoms with Gasteiger partial charge in [-0.3, -0.25) is 19.7 Å². The van der Waals surface area contributed by atoms with Crippen molar-refractivity contribution in [3.8, 4) is 0 Å². The first-order valence-corrected chi connectivity index (χ1v) is 6.78. The lowest BCUT2D eigenvalue weighted by atomic mass is 9.97. The number of carboxylic acid groups (broad SMARTS) is 1. The molecule has 1 N–H and O–H groups in total. The Labute approximate surface area is 125 Å². The van der Waals surface area contributed by atoms with E-state index >= 15 is 0 Å². The first-order valence-electron chi connectivity index (χ1n) is 6.78. The topological polar surface area (TPSA) is 101 Å². The van der Waals surface area contributed by atoms with Gasteiger partial charge in [-0.15, -0.1) is 0 Å². The number of nitro benzene ring substituents is 1. The standard InChI is InChI=1S/C14H15FN2O5/c1-8-5-10(15)6-11(12(8)17(21)22)13(18)16-4-2-3-9(7-16)14(19)20/h5-6,9H,2-4,7H2,1H3,(H,19,20). The number of likely N-dealkylation sites (tertiary alicyclic amines) is 1. The van der Waals surface area contributed by atoms with Crippen LogP contribution in [0.1, 0.15) is 28.8 Å². The Kier molecular flexibility index (Phi) is 4.39. The Balaban J connectivity index is 2.37. The zero-order valence-corrected chi connectivity index (χ0v) is 11.9. The van der Waals surface area contributed by atoms with Crippen molar-refractivity contribution in [2.24, 2.45) is 5.92 Å². The van der Waals surface area contributed by atoms with E-state index in [1.54, 1.807) is 0 Å². The monoisotopic (exact) mass is 310 g/mol. The zero-order valence-electron chi connectivity index (χ0n) is 11.9. The third-order valence-corrected chi connectivity index (χ3v) is 3.74. The number of aliphatic carboxylic acids is 1. The third kappa shape index (κ3) is 3.05. The van der Waals surface area contributed by atoms with E-state index in [-0.39, 0.29) is 17.7 Å². The number of benzene rings is 1. The summed E-state index contributed by atoms with van der Waals surface area (Å²) in [5.41, 5.74) is -0.725. The molecule has 1 unspecified atom stereocenters. The molecular weight excluding hydrogens is 295 g/mol. The highest BCUT2D eigenvalue weighted by molar-refractivity contribution is 5.99. The molecule has 2 rings (SSSR count). The van der Waals surface area contributed by atoms with Gasteiger partial charge in [0.25, 0.3) is 11.6 Å². The maximum absolute atomic E-state index is 13.5. The molecule has 1 heterocycles. The number of hydrogen-bond acceptors (Lipinski definition) is 4. The SMILES string of the molecule is Cc1cc(F)cc(C(=O)N2CCCC(C(=O)O)C2)c1[N+](=O)[O-]. The number of carbonyl (C=O) groups excluding carboxylic acids is 1. The molecule has 8 heteroatoms. The fourth-order valence-electron chi connectivity index (χ4n) is 2.67. The van der Waals surface area contributed by atoms with Gasteiger partial charge < -0.3 is 10.0 Å². The summed E-state index contributed by atoms with van der Waals surface area (Å²) in [6, 6.07) is 1.82. The van der Waals surface area contributed by atoms with Crippen molar-refractivity contribution in [2.75, 3.05) is 13.1 Å². The molecule has 0 spiro atoms. The van der Waals surface area contributed by atoms with Crippen LogP contribution in [0.25, 0.3) is 0 Å². The molecule has 118 valence electrons. The quantitative estimate of drug-likeness (QED) is 0.679. The van der Waals surface area contributed by atoms with Gasteiger partial charge in [0.2, 0.25) is 0 Å². The number of aryl methyl sites for hydroxylation is 1. The fraction of sp³-hybridized carbons (Fsp3) is 0.429. The van der Waals surface area contributed by atoms with Crippen molar-refractivity contribution in [3.63, 3.8) is 0 Å². The largest absolute Gasteiger partial charge is 0.481 e. The van der Waals surface area contributed by atoms with Crippen molar-refractivity contribution < 1.29 is 24.0 Å². The van der Waals surface area contributed by atoms with Gasteiger partial charge in [-0.25, -0.2) is 4.39 Å². The smallest absolute Gasteiger partial charge is 0.308 e. The molecule has 0 radical (unpaired) electrons. The second kappa shape index (κ2) is 6.08. The van der Waals surface area contributed by atoms with Crippen LogP contribution in [0, 0.1) is 28.8 Å². The highest BCUT2D eigenvalue weighted by Gasteiger charge is 2.32. The molecule has 7 nitrogen and oxygen atoms in total. The molecule has 0 aromatic heterocycles. The highest BCUT2D eigenvalue weighted by atomic mass is 19.1. The van der Waals surface area contributed by atoms with E-state index in [0.717, 1.165) is 12.1 Å². The predicted molar refractivity (Wildman–Crippen MR) is 74.1 cm³/mol. The average Bonchev–Trinajstić information content (AvgIpc) is 2.45. The van der Waals surface area contributed by atoms with Crippen LogP contribution in [0.3, 0.4) is 0 Å². The molecule has 22 heavy (non-hydrogen) atoms. The summed E-state index contributed by atoms with van der Waals surface area (Å²) >= 11 is 0. The van der Waals surface area contributed by atoms with E-state index in [2.05, 4.69) is 0 Å². The number of halogens is 1. The molecule has 1 aliphatic heterocycles. The van der Waals surface area contributed by atoms with Gasteiger partial charge in [0.1, 0.15) is 11.4 Å².